The van der Waals surface area contributed by atoms with Gasteiger partial charge in [0.15, 0.2) is 0 Å². The molecule has 1 N–H and O–H groups in total. The van der Waals surface area contributed by atoms with Gasteiger partial charge >= 0.3 is 11.9 Å². The fraction of sp³-hybridized carbons (Fsp3) is 0.286. The Bertz CT molecular complexity index is 844. The van der Waals surface area contributed by atoms with E-state index in [2.05, 4.69) is 10.3 Å². The zero-order chi connectivity index (χ0) is 19.4. The second-order valence-electron chi connectivity index (χ2n) is 6.49. The van der Waals surface area contributed by atoms with Crippen molar-refractivity contribution in [2.24, 2.45) is 10.4 Å². The van der Waals surface area contributed by atoms with Gasteiger partial charge < -0.3 is 14.8 Å². The molecule has 0 spiro atoms. The van der Waals surface area contributed by atoms with Gasteiger partial charge in [0.25, 0.3) is 0 Å². The number of aliphatic imine (C=N–C) groups is 1. The molecule has 0 saturated heterocycles. The van der Waals surface area contributed by atoms with Crippen molar-refractivity contribution in [3.8, 4) is 0 Å². The van der Waals surface area contributed by atoms with E-state index >= 15 is 0 Å². The first-order valence-electron chi connectivity index (χ1n) is 8.65. The number of benzene rings is 2. The molecule has 2 aromatic rings. The predicted octanol–water partition coefficient (Wildman–Crippen LogP) is 3.28. The van der Waals surface area contributed by atoms with Crippen molar-refractivity contribution in [1.29, 1.82) is 0 Å². The summed E-state index contributed by atoms with van der Waals surface area (Å²) in [6, 6.07) is 16.8. The maximum absolute atomic E-state index is 12.7. The third-order valence-electron chi connectivity index (χ3n) is 4.76. The van der Waals surface area contributed by atoms with E-state index in [4.69, 9.17) is 9.47 Å². The number of nitrogens with one attached hydrogen (secondary N) is 1. The van der Waals surface area contributed by atoms with E-state index in [0.29, 0.717) is 0 Å². The lowest BCUT2D eigenvalue weighted by Crippen LogP contribution is -2.48. The van der Waals surface area contributed by atoms with Gasteiger partial charge in [0.05, 0.1) is 20.3 Å². The Labute approximate surface area is 158 Å². The Hall–Kier alpha value is -3.15. The quantitative estimate of drug-likeness (QED) is 0.664. The van der Waals surface area contributed by atoms with Gasteiger partial charge in [-0.15, -0.1) is 0 Å². The van der Waals surface area contributed by atoms with E-state index < -0.39 is 17.4 Å². The first-order valence-corrected chi connectivity index (χ1v) is 8.65. The highest BCUT2D eigenvalue weighted by molar-refractivity contribution is 6.26. The first-order chi connectivity index (χ1) is 13.0. The summed E-state index contributed by atoms with van der Waals surface area (Å²) in [5.74, 6) is -1.14. The third-order valence-corrected chi connectivity index (χ3v) is 4.76. The number of carbonyl (C=O) groups is 2. The van der Waals surface area contributed by atoms with Crippen LogP contribution in [0.3, 0.4) is 0 Å². The number of para-hydroxylation sites is 1. The number of anilines is 1. The molecule has 1 aliphatic heterocycles. The molecule has 3 rings (SSSR count). The minimum atomic E-state index is -1.63. The maximum atomic E-state index is 12.7. The highest BCUT2D eigenvalue weighted by atomic mass is 16.5. The van der Waals surface area contributed by atoms with Gasteiger partial charge in [-0.3, -0.25) is 14.6 Å². The molecule has 140 valence electrons. The van der Waals surface area contributed by atoms with Crippen LogP contribution in [0.5, 0.6) is 0 Å². The van der Waals surface area contributed by atoms with Gasteiger partial charge in [-0.25, -0.2) is 0 Å². The average Bonchev–Trinajstić information content (AvgIpc) is 3.08. The Morgan fingerprint density at radius 1 is 1.00 bits per heavy atom. The Morgan fingerprint density at radius 2 is 1.59 bits per heavy atom. The topological polar surface area (TPSA) is 77.0 Å². The number of hydrogen-bond donors (Lipinski definition) is 1. The van der Waals surface area contributed by atoms with Crippen molar-refractivity contribution < 1.29 is 19.1 Å². The molecule has 6 nitrogen and oxygen atoms in total. The van der Waals surface area contributed by atoms with Gasteiger partial charge in [0, 0.05) is 12.1 Å². The van der Waals surface area contributed by atoms with Gasteiger partial charge in [-0.2, -0.15) is 0 Å². The van der Waals surface area contributed by atoms with Crippen LogP contribution in [0.1, 0.15) is 23.6 Å². The highest BCUT2D eigenvalue weighted by Crippen LogP contribution is 2.43. The number of esters is 2. The van der Waals surface area contributed by atoms with Crippen molar-refractivity contribution in [3.05, 3.63) is 65.7 Å². The van der Waals surface area contributed by atoms with E-state index in [1.165, 1.54) is 14.2 Å². The second-order valence-corrected chi connectivity index (χ2v) is 6.49. The number of aryl methyl sites for hydroxylation is 1. The van der Waals surface area contributed by atoms with Crippen LogP contribution in [0, 0.1) is 12.3 Å². The molecule has 0 radical (unpaired) electrons. The van der Waals surface area contributed by atoms with Gasteiger partial charge in [0.1, 0.15) is 5.84 Å². The number of ether oxygens (including phenoxy) is 2. The molecule has 6 heteroatoms. The van der Waals surface area contributed by atoms with Crippen LogP contribution >= 0.6 is 0 Å². The molecule has 0 unspecified atom stereocenters. The number of amidine groups is 1. The fourth-order valence-electron chi connectivity index (χ4n) is 3.27. The van der Waals surface area contributed by atoms with Gasteiger partial charge in [-0.05, 0) is 24.6 Å². The summed E-state index contributed by atoms with van der Waals surface area (Å²) in [4.78, 5) is 30.1. The standard InChI is InChI=1S/C21H22N2O4/c1-14-9-11-15(12-10-14)17-13-21(19(24)26-2,20(25)27-3)18(23-17)22-16-7-5-4-6-8-16/h4-12,17H,13H2,1-3H3,(H,22,23)/t17-/m1/s1. The molecular weight excluding hydrogens is 344 g/mol. The van der Waals surface area contributed by atoms with Crippen LogP contribution < -0.4 is 5.32 Å². The van der Waals surface area contributed by atoms with Crippen molar-refractivity contribution in [1.82, 2.24) is 0 Å². The molecule has 0 saturated carbocycles. The molecular formula is C21H22N2O4. The third kappa shape index (κ3) is 3.43. The summed E-state index contributed by atoms with van der Waals surface area (Å²) in [7, 11) is 2.51. The average molecular weight is 366 g/mol. The predicted molar refractivity (Wildman–Crippen MR) is 103 cm³/mol. The summed E-state index contributed by atoms with van der Waals surface area (Å²) in [6.07, 6.45) is 0.143. The Kier molecular flexibility index (Phi) is 5.26. The normalized spacial score (nSPS) is 17.7. The van der Waals surface area contributed by atoms with Crippen LogP contribution in [0.15, 0.2) is 59.6 Å². The van der Waals surface area contributed by atoms with Crippen molar-refractivity contribution in [3.63, 3.8) is 0 Å². The number of nitrogens with zero attached hydrogens (tertiary/aromatic N) is 1. The number of hydrogen-bond acceptors (Lipinski definition) is 6. The van der Waals surface area contributed by atoms with E-state index in [0.717, 1.165) is 16.8 Å². The van der Waals surface area contributed by atoms with Crippen molar-refractivity contribution in [2.45, 2.75) is 19.4 Å². The van der Waals surface area contributed by atoms with E-state index in [1.54, 1.807) is 0 Å². The molecule has 1 heterocycles. The molecule has 0 fully saturated rings. The largest absolute Gasteiger partial charge is 0.468 e. The minimum absolute atomic E-state index is 0.143. The fourth-order valence-corrected chi connectivity index (χ4v) is 3.27. The summed E-state index contributed by atoms with van der Waals surface area (Å²) < 4.78 is 9.94. The van der Waals surface area contributed by atoms with E-state index in [-0.39, 0.29) is 18.3 Å². The van der Waals surface area contributed by atoms with Gasteiger partial charge in [0.2, 0.25) is 5.41 Å². The molecule has 1 aliphatic rings. The molecule has 2 aromatic carbocycles. The smallest absolute Gasteiger partial charge is 0.331 e. The van der Waals surface area contributed by atoms with E-state index in [9.17, 15) is 9.59 Å². The molecule has 0 amide bonds. The number of carbonyl (C=O) groups excluding carboxylic acids is 2. The molecule has 1 atom stereocenters. The summed E-state index contributed by atoms with van der Waals surface area (Å²) in [5.41, 5.74) is 1.13. The van der Waals surface area contributed by atoms with Crippen LogP contribution in [0.4, 0.5) is 5.69 Å². The summed E-state index contributed by atoms with van der Waals surface area (Å²) in [5, 5.41) is 3.12. The van der Waals surface area contributed by atoms with Gasteiger partial charge in [-0.1, -0.05) is 48.0 Å². The van der Waals surface area contributed by atoms with Crippen LogP contribution in [-0.4, -0.2) is 32.0 Å². The first kappa shape index (κ1) is 18.6. The minimum Gasteiger partial charge on any atom is -0.468 e. The highest BCUT2D eigenvalue weighted by Gasteiger charge is 2.58. The van der Waals surface area contributed by atoms with Crippen molar-refractivity contribution >= 4 is 23.5 Å². The monoisotopic (exact) mass is 366 g/mol. The molecule has 0 aliphatic carbocycles. The summed E-state index contributed by atoms with van der Waals surface area (Å²) in [6.45, 7) is 2.00. The second kappa shape index (κ2) is 7.61. The lowest BCUT2D eigenvalue weighted by Gasteiger charge is -2.26. The SMILES string of the molecule is COC(=O)C1(C(=O)OC)C[C@H](c2ccc(C)cc2)N=C1Nc1ccccc1. The lowest BCUT2D eigenvalue weighted by atomic mass is 9.81. The Morgan fingerprint density at radius 3 is 2.15 bits per heavy atom. The number of methoxy groups -OCH3 is 2. The zero-order valence-corrected chi connectivity index (χ0v) is 15.6. The van der Waals surface area contributed by atoms with Crippen LogP contribution in [-0.2, 0) is 19.1 Å². The molecule has 0 bridgehead atoms. The van der Waals surface area contributed by atoms with Crippen molar-refractivity contribution in [2.75, 3.05) is 19.5 Å². The molecule has 0 aromatic heterocycles. The Balaban J connectivity index is 2.07. The number of rotatable bonds is 4. The maximum Gasteiger partial charge on any atom is 0.331 e. The van der Waals surface area contributed by atoms with Crippen LogP contribution in [0.25, 0.3) is 0 Å². The molecule has 27 heavy (non-hydrogen) atoms. The van der Waals surface area contributed by atoms with Crippen LogP contribution in [0.2, 0.25) is 0 Å². The zero-order valence-electron chi connectivity index (χ0n) is 15.6. The lowest BCUT2D eigenvalue weighted by molar-refractivity contribution is -0.163. The van der Waals surface area contributed by atoms with E-state index in [1.807, 2.05) is 61.5 Å². The summed E-state index contributed by atoms with van der Waals surface area (Å²) >= 11 is 0.